The van der Waals surface area contributed by atoms with E-state index >= 15 is 0 Å². The zero-order chi connectivity index (χ0) is 13.1. The topological polar surface area (TPSA) is 72.1 Å². The number of rotatable bonds is 4. The maximum absolute atomic E-state index is 12.2. The Kier molecular flexibility index (Phi) is 4.03. The van der Waals surface area contributed by atoms with Gasteiger partial charge >= 0.3 is 0 Å². The van der Waals surface area contributed by atoms with Crippen LogP contribution in [0.2, 0.25) is 0 Å². The van der Waals surface area contributed by atoms with Crippen LogP contribution in [0.5, 0.6) is 0 Å². The van der Waals surface area contributed by atoms with Crippen molar-refractivity contribution in [1.29, 1.82) is 0 Å². The molecule has 0 spiro atoms. The molecule has 0 aliphatic carbocycles. The number of nitrogens with two attached hydrogens (primary N) is 1. The van der Waals surface area contributed by atoms with Gasteiger partial charge in [0.15, 0.2) is 0 Å². The molecule has 1 amide bonds. The van der Waals surface area contributed by atoms with E-state index in [9.17, 15) is 4.79 Å². The van der Waals surface area contributed by atoms with Crippen LogP contribution in [0.3, 0.4) is 0 Å². The van der Waals surface area contributed by atoms with Gasteiger partial charge < -0.3 is 10.6 Å². The van der Waals surface area contributed by atoms with E-state index in [0.717, 1.165) is 11.1 Å². The molecule has 7 heteroatoms. The van der Waals surface area contributed by atoms with Crippen LogP contribution in [0.15, 0.2) is 12.3 Å². The molecule has 2 aromatic rings. The van der Waals surface area contributed by atoms with Gasteiger partial charge in [0.1, 0.15) is 9.71 Å². The lowest BCUT2D eigenvalue weighted by Crippen LogP contribution is -2.28. The molecule has 0 aliphatic rings. The minimum Gasteiger partial charge on any atom is -0.397 e. The van der Waals surface area contributed by atoms with Gasteiger partial charge in [0, 0.05) is 24.7 Å². The van der Waals surface area contributed by atoms with Gasteiger partial charge in [-0.1, -0.05) is 0 Å². The van der Waals surface area contributed by atoms with Crippen LogP contribution >= 0.6 is 23.1 Å². The summed E-state index contributed by atoms with van der Waals surface area (Å²) in [6, 6.07) is 1.78. The molecular weight excluding hydrogens is 268 g/mol. The van der Waals surface area contributed by atoms with E-state index in [1.807, 2.05) is 6.26 Å². The van der Waals surface area contributed by atoms with Crippen LogP contribution in [0.4, 0.5) is 5.69 Å². The van der Waals surface area contributed by atoms with Crippen molar-refractivity contribution in [3.05, 3.63) is 17.1 Å². The third-order valence-electron chi connectivity index (χ3n) is 2.59. The van der Waals surface area contributed by atoms with Gasteiger partial charge in [-0.2, -0.15) is 16.9 Å². The van der Waals surface area contributed by atoms with Gasteiger partial charge in [-0.05, 0) is 12.3 Å². The Morgan fingerprint density at radius 1 is 1.61 bits per heavy atom. The van der Waals surface area contributed by atoms with E-state index in [2.05, 4.69) is 10.2 Å². The number of thiophene rings is 1. The fourth-order valence-corrected chi connectivity index (χ4v) is 3.02. The predicted octanol–water partition coefficient (Wildman–Crippen LogP) is 1.71. The molecule has 18 heavy (non-hydrogen) atoms. The molecular formula is C11H14N4OS2. The first-order chi connectivity index (χ1) is 8.65. The zero-order valence-corrected chi connectivity index (χ0v) is 11.8. The molecule has 2 rings (SSSR count). The van der Waals surface area contributed by atoms with E-state index in [0.29, 0.717) is 21.9 Å². The van der Waals surface area contributed by atoms with Gasteiger partial charge in [-0.3, -0.25) is 4.79 Å². The highest BCUT2D eigenvalue weighted by Crippen LogP contribution is 2.32. The standard InChI is InChI=1S/C11H14N4OS2/c1-15(5-6-17-2)11(16)9-8(12)7-3-4-13-14-10(7)18-9/h3-4H,5-6,12H2,1-2H3. The molecule has 2 heterocycles. The van der Waals surface area contributed by atoms with Crippen LogP contribution in [-0.2, 0) is 0 Å². The Balaban J connectivity index is 2.30. The third kappa shape index (κ3) is 2.41. The van der Waals surface area contributed by atoms with E-state index in [-0.39, 0.29) is 5.91 Å². The lowest BCUT2D eigenvalue weighted by Gasteiger charge is -2.15. The maximum Gasteiger partial charge on any atom is 0.265 e. The zero-order valence-electron chi connectivity index (χ0n) is 10.2. The van der Waals surface area contributed by atoms with Crippen molar-refractivity contribution in [2.75, 3.05) is 31.3 Å². The number of hydrogen-bond donors (Lipinski definition) is 1. The highest BCUT2D eigenvalue weighted by molar-refractivity contribution is 7.98. The molecule has 0 fully saturated rings. The fraction of sp³-hybridized carbons (Fsp3) is 0.364. The van der Waals surface area contributed by atoms with Gasteiger partial charge in [0.05, 0.1) is 11.9 Å². The second kappa shape index (κ2) is 5.53. The molecule has 0 saturated heterocycles. The maximum atomic E-state index is 12.2. The van der Waals surface area contributed by atoms with Crippen LogP contribution < -0.4 is 5.73 Å². The monoisotopic (exact) mass is 282 g/mol. The molecule has 0 aromatic carbocycles. The number of fused-ring (bicyclic) bond motifs is 1. The van der Waals surface area contributed by atoms with Crippen LogP contribution in [0.25, 0.3) is 10.2 Å². The Labute approximate surface area is 113 Å². The summed E-state index contributed by atoms with van der Waals surface area (Å²) in [4.78, 5) is 15.2. The van der Waals surface area contributed by atoms with Gasteiger partial charge in [-0.25, -0.2) is 0 Å². The van der Waals surface area contributed by atoms with Crippen molar-refractivity contribution < 1.29 is 4.79 Å². The largest absolute Gasteiger partial charge is 0.397 e. The van der Waals surface area contributed by atoms with Crippen LogP contribution in [0.1, 0.15) is 9.67 Å². The number of carbonyl (C=O) groups is 1. The molecule has 0 unspecified atom stereocenters. The Hall–Kier alpha value is -1.34. The summed E-state index contributed by atoms with van der Waals surface area (Å²) in [5, 5.41) is 8.58. The van der Waals surface area contributed by atoms with Crippen molar-refractivity contribution in [2.45, 2.75) is 0 Å². The number of anilines is 1. The molecule has 2 aromatic heterocycles. The molecule has 5 nitrogen and oxygen atoms in total. The van der Waals surface area contributed by atoms with E-state index in [1.54, 1.807) is 36.0 Å². The van der Waals surface area contributed by atoms with E-state index < -0.39 is 0 Å². The molecule has 0 radical (unpaired) electrons. The molecule has 0 saturated carbocycles. The summed E-state index contributed by atoms with van der Waals surface area (Å²) in [6.07, 6.45) is 3.60. The van der Waals surface area contributed by atoms with Crippen LogP contribution in [0, 0.1) is 0 Å². The van der Waals surface area contributed by atoms with Crippen molar-refractivity contribution in [1.82, 2.24) is 15.1 Å². The average Bonchev–Trinajstić information content (AvgIpc) is 2.73. The number of nitrogen functional groups attached to an aromatic ring is 1. The van der Waals surface area contributed by atoms with Crippen molar-refractivity contribution >= 4 is 44.9 Å². The van der Waals surface area contributed by atoms with E-state index in [4.69, 9.17) is 5.73 Å². The minimum absolute atomic E-state index is 0.0513. The number of aromatic nitrogens is 2. The van der Waals surface area contributed by atoms with Gasteiger partial charge in [-0.15, -0.1) is 16.4 Å². The summed E-state index contributed by atoms with van der Waals surface area (Å²) in [7, 11) is 1.79. The first kappa shape index (κ1) is 13.1. The highest BCUT2D eigenvalue weighted by Gasteiger charge is 2.20. The lowest BCUT2D eigenvalue weighted by atomic mass is 10.2. The predicted molar refractivity (Wildman–Crippen MR) is 77.2 cm³/mol. The molecule has 0 bridgehead atoms. The number of amides is 1. The number of thioether (sulfide) groups is 1. The molecule has 96 valence electrons. The summed E-state index contributed by atoms with van der Waals surface area (Å²) in [6.45, 7) is 0.708. The summed E-state index contributed by atoms with van der Waals surface area (Å²) >= 11 is 3.00. The first-order valence-corrected chi connectivity index (χ1v) is 7.60. The van der Waals surface area contributed by atoms with Crippen LogP contribution in [-0.4, -0.2) is 46.6 Å². The Morgan fingerprint density at radius 3 is 3.06 bits per heavy atom. The summed E-state index contributed by atoms with van der Waals surface area (Å²) < 4.78 is 0. The fourth-order valence-electron chi connectivity index (χ4n) is 1.54. The Bertz CT molecular complexity index is 569. The Morgan fingerprint density at radius 2 is 2.39 bits per heavy atom. The molecule has 2 N–H and O–H groups in total. The number of hydrogen-bond acceptors (Lipinski definition) is 6. The lowest BCUT2D eigenvalue weighted by molar-refractivity contribution is 0.0809. The quantitative estimate of drug-likeness (QED) is 0.924. The number of carbonyl (C=O) groups excluding carboxylic acids is 1. The van der Waals surface area contributed by atoms with Gasteiger partial charge in [0.25, 0.3) is 5.91 Å². The second-order valence-electron chi connectivity index (χ2n) is 3.81. The van der Waals surface area contributed by atoms with E-state index in [1.165, 1.54) is 11.3 Å². The third-order valence-corrected chi connectivity index (χ3v) is 4.28. The summed E-state index contributed by atoms with van der Waals surface area (Å²) in [5.41, 5.74) is 6.50. The van der Waals surface area contributed by atoms with Crippen molar-refractivity contribution in [2.24, 2.45) is 0 Å². The van der Waals surface area contributed by atoms with Crippen molar-refractivity contribution in [3.63, 3.8) is 0 Å². The number of nitrogens with zero attached hydrogens (tertiary/aromatic N) is 3. The highest BCUT2D eigenvalue weighted by atomic mass is 32.2. The minimum atomic E-state index is -0.0513. The molecule has 0 atom stereocenters. The first-order valence-electron chi connectivity index (χ1n) is 5.39. The average molecular weight is 282 g/mol. The van der Waals surface area contributed by atoms with Gasteiger partial charge in [0.2, 0.25) is 0 Å². The normalized spacial score (nSPS) is 10.8. The smallest absolute Gasteiger partial charge is 0.265 e. The molecule has 0 aliphatic heterocycles. The second-order valence-corrected chi connectivity index (χ2v) is 5.80. The summed E-state index contributed by atoms with van der Waals surface area (Å²) in [5.74, 6) is 0.858. The SMILES string of the molecule is CSCCN(C)C(=O)c1sc2nnccc2c1N. The van der Waals surface area contributed by atoms with Crippen molar-refractivity contribution in [3.8, 4) is 0 Å².